The fourth-order valence-electron chi connectivity index (χ4n) is 3.90. The third-order valence-corrected chi connectivity index (χ3v) is 5.60. The molecule has 0 bridgehead atoms. The van der Waals surface area contributed by atoms with Crippen molar-refractivity contribution in [1.82, 2.24) is 25.2 Å². The molecule has 1 aromatic carbocycles. The van der Waals surface area contributed by atoms with E-state index >= 15 is 0 Å². The van der Waals surface area contributed by atoms with Crippen LogP contribution in [-0.4, -0.2) is 46.0 Å². The maximum absolute atomic E-state index is 12.6. The Balaban J connectivity index is 1.36. The molecule has 1 fully saturated rings. The first-order valence-electron chi connectivity index (χ1n) is 10.5. The number of ether oxygens (including phenoxy) is 1. The number of aryl methyl sites for hydroxylation is 1. The molecule has 2 aromatic heterocycles. The van der Waals surface area contributed by atoms with Crippen molar-refractivity contribution in [1.29, 1.82) is 0 Å². The fourth-order valence-corrected chi connectivity index (χ4v) is 3.90. The van der Waals surface area contributed by atoms with Gasteiger partial charge in [-0.3, -0.25) is 14.7 Å². The average molecular weight is 418 g/mol. The first-order chi connectivity index (χ1) is 15.1. The molecule has 0 aliphatic carbocycles. The molecule has 7 heteroatoms. The number of benzene rings is 1. The van der Waals surface area contributed by atoms with Crippen LogP contribution in [0.3, 0.4) is 0 Å². The molecule has 1 unspecified atom stereocenters. The van der Waals surface area contributed by atoms with E-state index in [-0.39, 0.29) is 11.8 Å². The van der Waals surface area contributed by atoms with Gasteiger partial charge in [0.15, 0.2) is 0 Å². The number of likely N-dealkylation sites (tertiary alicyclic amines) is 1. The van der Waals surface area contributed by atoms with Gasteiger partial charge in [0.2, 0.25) is 0 Å². The standard InChI is InChI=1S/C24H27N5O2/c1-17-22(24(30)27-13-18-5-3-7-21(11-18)31-2)14-26-23(28-17)20-8-10-29(16-20)15-19-6-4-9-25-12-19/h3-7,9,11-12,14,20H,8,10,13,15-16H2,1-2H3,(H,27,30). The monoisotopic (exact) mass is 417 g/mol. The van der Waals surface area contributed by atoms with E-state index < -0.39 is 0 Å². The summed E-state index contributed by atoms with van der Waals surface area (Å²) in [6.07, 6.45) is 6.37. The molecule has 0 saturated carbocycles. The van der Waals surface area contributed by atoms with Crippen LogP contribution in [0.15, 0.2) is 55.0 Å². The number of rotatable bonds is 7. The van der Waals surface area contributed by atoms with Crippen LogP contribution in [0.25, 0.3) is 0 Å². The molecule has 1 aliphatic heterocycles. The van der Waals surface area contributed by atoms with Gasteiger partial charge in [-0.15, -0.1) is 0 Å². The Labute approximate surface area is 182 Å². The molecule has 7 nitrogen and oxygen atoms in total. The van der Waals surface area contributed by atoms with Crippen LogP contribution in [0, 0.1) is 6.92 Å². The predicted molar refractivity (Wildman–Crippen MR) is 118 cm³/mol. The minimum absolute atomic E-state index is 0.170. The number of carbonyl (C=O) groups excluding carboxylic acids is 1. The number of nitrogens with zero attached hydrogens (tertiary/aromatic N) is 4. The van der Waals surface area contributed by atoms with Crippen LogP contribution in [0.1, 0.15) is 45.3 Å². The Morgan fingerprint density at radius 1 is 1.23 bits per heavy atom. The lowest BCUT2D eigenvalue weighted by Gasteiger charge is -2.16. The highest BCUT2D eigenvalue weighted by molar-refractivity contribution is 5.94. The predicted octanol–water partition coefficient (Wildman–Crippen LogP) is 3.11. The van der Waals surface area contributed by atoms with Crippen LogP contribution in [-0.2, 0) is 13.1 Å². The first kappa shape index (κ1) is 20.9. The van der Waals surface area contributed by atoms with E-state index in [0.29, 0.717) is 17.8 Å². The topological polar surface area (TPSA) is 80.2 Å². The molecular formula is C24H27N5O2. The minimum Gasteiger partial charge on any atom is -0.497 e. The summed E-state index contributed by atoms with van der Waals surface area (Å²) in [6, 6.07) is 11.7. The summed E-state index contributed by atoms with van der Waals surface area (Å²) in [5.74, 6) is 1.70. The second-order valence-electron chi connectivity index (χ2n) is 7.84. The maximum atomic E-state index is 12.6. The molecule has 1 atom stereocenters. The Morgan fingerprint density at radius 3 is 2.87 bits per heavy atom. The van der Waals surface area contributed by atoms with Gasteiger partial charge in [0.05, 0.1) is 18.4 Å². The lowest BCUT2D eigenvalue weighted by molar-refractivity contribution is 0.0949. The number of hydrogen-bond acceptors (Lipinski definition) is 6. The zero-order valence-electron chi connectivity index (χ0n) is 17.9. The lowest BCUT2D eigenvalue weighted by atomic mass is 10.1. The van der Waals surface area contributed by atoms with Crippen LogP contribution in [0.2, 0.25) is 0 Å². The van der Waals surface area contributed by atoms with E-state index in [1.807, 2.05) is 43.5 Å². The van der Waals surface area contributed by atoms with E-state index in [0.717, 1.165) is 43.2 Å². The molecule has 1 amide bonds. The summed E-state index contributed by atoms with van der Waals surface area (Å²) in [6.45, 7) is 5.09. The van der Waals surface area contributed by atoms with Gasteiger partial charge in [0.1, 0.15) is 11.6 Å². The van der Waals surface area contributed by atoms with Crippen LogP contribution in [0.4, 0.5) is 0 Å². The van der Waals surface area contributed by atoms with Gasteiger partial charge >= 0.3 is 0 Å². The molecule has 1 saturated heterocycles. The average Bonchev–Trinajstić information content (AvgIpc) is 3.26. The number of pyridine rings is 1. The summed E-state index contributed by atoms with van der Waals surface area (Å²) in [5, 5.41) is 2.94. The van der Waals surface area contributed by atoms with E-state index in [1.165, 1.54) is 5.56 Å². The SMILES string of the molecule is COc1cccc(CNC(=O)c2cnc(C3CCN(Cc4cccnc4)C3)nc2C)c1. The third kappa shape index (κ3) is 5.24. The Bertz CT molecular complexity index is 1040. The normalized spacial score (nSPS) is 16.3. The van der Waals surface area contributed by atoms with Crippen LogP contribution >= 0.6 is 0 Å². The molecule has 3 heterocycles. The van der Waals surface area contributed by atoms with E-state index in [2.05, 4.69) is 31.2 Å². The molecule has 31 heavy (non-hydrogen) atoms. The number of carbonyl (C=O) groups is 1. The zero-order chi connectivity index (χ0) is 21.6. The summed E-state index contributed by atoms with van der Waals surface area (Å²) in [7, 11) is 1.63. The maximum Gasteiger partial charge on any atom is 0.254 e. The number of aromatic nitrogens is 3. The molecule has 1 aliphatic rings. The van der Waals surface area contributed by atoms with E-state index in [4.69, 9.17) is 4.74 Å². The molecule has 1 N–H and O–H groups in total. The third-order valence-electron chi connectivity index (χ3n) is 5.60. The van der Waals surface area contributed by atoms with Crippen molar-refractivity contribution in [3.8, 4) is 5.75 Å². The summed E-state index contributed by atoms with van der Waals surface area (Å²) in [5.41, 5.74) is 3.40. The Hall–Kier alpha value is -3.32. The molecule has 3 aromatic rings. The van der Waals surface area contributed by atoms with Gasteiger partial charge in [-0.25, -0.2) is 9.97 Å². The highest BCUT2D eigenvalue weighted by Crippen LogP contribution is 2.26. The molecule has 160 valence electrons. The smallest absolute Gasteiger partial charge is 0.254 e. The van der Waals surface area contributed by atoms with E-state index in [9.17, 15) is 4.79 Å². The molecule has 4 rings (SSSR count). The highest BCUT2D eigenvalue weighted by Gasteiger charge is 2.26. The summed E-state index contributed by atoms with van der Waals surface area (Å²) >= 11 is 0. The van der Waals surface area contributed by atoms with Gasteiger partial charge in [-0.1, -0.05) is 18.2 Å². The van der Waals surface area contributed by atoms with Crippen molar-refractivity contribution in [3.05, 3.63) is 83.2 Å². The number of methoxy groups -OCH3 is 1. The van der Waals surface area contributed by atoms with Crippen molar-refractivity contribution in [2.75, 3.05) is 20.2 Å². The highest BCUT2D eigenvalue weighted by atomic mass is 16.5. The van der Waals surface area contributed by atoms with Gasteiger partial charge < -0.3 is 10.1 Å². The Kier molecular flexibility index (Phi) is 6.52. The second-order valence-corrected chi connectivity index (χ2v) is 7.84. The number of hydrogen-bond donors (Lipinski definition) is 1. The summed E-state index contributed by atoms with van der Waals surface area (Å²) < 4.78 is 5.23. The second kappa shape index (κ2) is 9.66. The number of nitrogens with one attached hydrogen (secondary N) is 1. The summed E-state index contributed by atoms with van der Waals surface area (Å²) in [4.78, 5) is 28.4. The van der Waals surface area contributed by atoms with Gasteiger partial charge in [-0.2, -0.15) is 0 Å². The van der Waals surface area contributed by atoms with Crippen LogP contribution < -0.4 is 10.1 Å². The number of amides is 1. The van der Waals surface area contributed by atoms with Gasteiger partial charge in [0, 0.05) is 44.1 Å². The van der Waals surface area contributed by atoms with Crippen molar-refractivity contribution in [3.63, 3.8) is 0 Å². The molecular weight excluding hydrogens is 390 g/mol. The van der Waals surface area contributed by atoms with Gasteiger partial charge in [-0.05, 0) is 49.2 Å². The van der Waals surface area contributed by atoms with E-state index in [1.54, 1.807) is 19.5 Å². The first-order valence-corrected chi connectivity index (χ1v) is 10.5. The van der Waals surface area contributed by atoms with Crippen LogP contribution in [0.5, 0.6) is 5.75 Å². The zero-order valence-corrected chi connectivity index (χ0v) is 17.9. The Morgan fingerprint density at radius 2 is 2.10 bits per heavy atom. The molecule has 0 radical (unpaired) electrons. The minimum atomic E-state index is -0.170. The largest absolute Gasteiger partial charge is 0.497 e. The lowest BCUT2D eigenvalue weighted by Crippen LogP contribution is -2.25. The van der Waals surface area contributed by atoms with Crippen molar-refractivity contribution in [2.45, 2.75) is 32.4 Å². The van der Waals surface area contributed by atoms with Crippen molar-refractivity contribution < 1.29 is 9.53 Å². The fraction of sp³-hybridized carbons (Fsp3) is 0.333. The molecule has 0 spiro atoms. The quantitative estimate of drug-likeness (QED) is 0.636. The van der Waals surface area contributed by atoms with Gasteiger partial charge in [0.25, 0.3) is 5.91 Å². The van der Waals surface area contributed by atoms with Crippen molar-refractivity contribution >= 4 is 5.91 Å². The van der Waals surface area contributed by atoms with Crippen molar-refractivity contribution in [2.24, 2.45) is 0 Å².